The van der Waals surface area contributed by atoms with Gasteiger partial charge in [-0.05, 0) is 11.6 Å². The minimum Gasteiger partial charge on any atom is -0.326 e. The maximum atomic E-state index is 11.1. The lowest BCUT2D eigenvalue weighted by atomic mass is 10.1. The minimum atomic E-state index is -4.30. The van der Waals surface area contributed by atoms with E-state index in [2.05, 4.69) is 0 Å². The number of nitrogens with zero attached hydrogens (tertiary/aromatic N) is 2. The Balaban J connectivity index is 3.71. The summed E-state index contributed by atoms with van der Waals surface area (Å²) >= 11 is 0. The normalized spacial score (nSPS) is 10.9. The highest BCUT2D eigenvalue weighted by molar-refractivity contribution is 8.13. The highest BCUT2D eigenvalue weighted by Crippen LogP contribution is 2.29. The summed E-state index contributed by atoms with van der Waals surface area (Å²) in [6.07, 6.45) is 0. The average Bonchev–Trinajstić information content (AvgIpc) is 2.25. The molecule has 1 aromatic rings. The van der Waals surface area contributed by atoms with E-state index in [0.29, 0.717) is 0 Å². The molecule has 0 aliphatic carbocycles. The Labute approximate surface area is 101 Å². The van der Waals surface area contributed by atoms with E-state index >= 15 is 0 Å². The molecule has 0 saturated carbocycles. The van der Waals surface area contributed by atoms with Crippen molar-refractivity contribution in [2.75, 3.05) is 0 Å². The maximum Gasteiger partial charge on any atom is 0.289 e. The Morgan fingerprint density at radius 2 is 2.12 bits per heavy atom. The van der Waals surface area contributed by atoms with Crippen LogP contribution in [0.25, 0.3) is 0 Å². The van der Waals surface area contributed by atoms with Gasteiger partial charge in [0.05, 0.1) is 16.6 Å². The van der Waals surface area contributed by atoms with E-state index in [1.54, 1.807) is 6.07 Å². The maximum absolute atomic E-state index is 11.1. The second-order valence-corrected chi connectivity index (χ2v) is 5.52. The van der Waals surface area contributed by atoms with Crippen molar-refractivity contribution in [3.63, 3.8) is 0 Å². The number of nitrogens with two attached hydrogens (primary N) is 1. The Kier molecular flexibility index (Phi) is 3.67. The molecular formula is C8H6ClN3O4S. The first kappa shape index (κ1) is 13.4. The van der Waals surface area contributed by atoms with Gasteiger partial charge in [-0.2, -0.15) is 5.26 Å². The summed E-state index contributed by atoms with van der Waals surface area (Å²) in [7, 11) is 0.762. The van der Waals surface area contributed by atoms with Crippen molar-refractivity contribution >= 4 is 25.4 Å². The van der Waals surface area contributed by atoms with Crippen LogP contribution in [0.15, 0.2) is 17.0 Å². The number of nitro benzene ring substituents is 1. The Hall–Kier alpha value is -1.69. The van der Waals surface area contributed by atoms with Gasteiger partial charge < -0.3 is 5.73 Å². The molecule has 9 heteroatoms. The van der Waals surface area contributed by atoms with Crippen molar-refractivity contribution in [3.05, 3.63) is 33.4 Å². The molecule has 90 valence electrons. The van der Waals surface area contributed by atoms with Gasteiger partial charge >= 0.3 is 0 Å². The summed E-state index contributed by atoms with van der Waals surface area (Å²) in [5.74, 6) is 0. The van der Waals surface area contributed by atoms with E-state index in [4.69, 9.17) is 21.7 Å². The summed E-state index contributed by atoms with van der Waals surface area (Å²) in [5, 5.41) is 19.5. The lowest BCUT2D eigenvalue weighted by Crippen LogP contribution is -2.05. The molecule has 0 fully saturated rings. The van der Waals surface area contributed by atoms with E-state index in [-0.39, 0.29) is 17.7 Å². The molecule has 0 atom stereocenters. The molecule has 0 unspecified atom stereocenters. The van der Waals surface area contributed by atoms with Crippen molar-refractivity contribution in [3.8, 4) is 6.07 Å². The summed E-state index contributed by atoms with van der Waals surface area (Å²) in [4.78, 5) is 9.09. The van der Waals surface area contributed by atoms with E-state index in [9.17, 15) is 18.5 Å². The monoisotopic (exact) mass is 275 g/mol. The molecule has 2 N–H and O–H groups in total. The molecule has 0 spiro atoms. The Bertz CT molecular complexity index is 620. The molecule has 0 aromatic heterocycles. The largest absolute Gasteiger partial charge is 0.326 e. The average molecular weight is 276 g/mol. The molecule has 0 saturated heterocycles. The lowest BCUT2D eigenvalue weighted by molar-refractivity contribution is -0.387. The van der Waals surface area contributed by atoms with Gasteiger partial charge in [-0.25, -0.2) is 8.42 Å². The van der Waals surface area contributed by atoms with Gasteiger partial charge in [-0.15, -0.1) is 0 Å². The third kappa shape index (κ3) is 2.71. The van der Waals surface area contributed by atoms with Gasteiger partial charge in [0.2, 0.25) is 0 Å². The van der Waals surface area contributed by atoms with Crippen LogP contribution < -0.4 is 5.73 Å². The number of nitriles is 1. The summed E-state index contributed by atoms with van der Waals surface area (Å²) in [5.41, 5.74) is 4.73. The molecule has 7 nitrogen and oxygen atoms in total. The van der Waals surface area contributed by atoms with Gasteiger partial charge in [0, 0.05) is 23.3 Å². The molecule has 0 amide bonds. The summed E-state index contributed by atoms with van der Waals surface area (Å²) < 4.78 is 22.3. The number of hydrogen-bond donors (Lipinski definition) is 1. The second kappa shape index (κ2) is 4.67. The number of rotatable bonds is 3. The lowest BCUT2D eigenvalue weighted by Gasteiger charge is -2.04. The van der Waals surface area contributed by atoms with Crippen molar-refractivity contribution in [2.45, 2.75) is 11.4 Å². The highest BCUT2D eigenvalue weighted by atomic mass is 35.7. The molecule has 1 rings (SSSR count). The smallest absolute Gasteiger partial charge is 0.289 e. The van der Waals surface area contributed by atoms with Gasteiger partial charge in [0.15, 0.2) is 4.90 Å². The number of hydrogen-bond acceptors (Lipinski definition) is 6. The molecule has 0 heterocycles. The topological polar surface area (TPSA) is 127 Å². The molecule has 0 aliphatic rings. The number of nitro groups is 1. The molecule has 0 radical (unpaired) electrons. The first-order valence-electron chi connectivity index (χ1n) is 4.17. The molecule has 1 aromatic carbocycles. The van der Waals surface area contributed by atoms with Crippen LogP contribution in [0.4, 0.5) is 5.69 Å². The second-order valence-electron chi connectivity index (χ2n) is 2.99. The Morgan fingerprint density at radius 3 is 2.47 bits per heavy atom. The van der Waals surface area contributed by atoms with Crippen LogP contribution in [0.2, 0.25) is 0 Å². The highest BCUT2D eigenvalue weighted by Gasteiger charge is 2.26. The molecule has 0 bridgehead atoms. The number of halogens is 1. The van der Waals surface area contributed by atoms with Gasteiger partial charge in [-0.3, -0.25) is 10.1 Å². The van der Waals surface area contributed by atoms with E-state index in [1.807, 2.05) is 0 Å². The zero-order valence-corrected chi connectivity index (χ0v) is 9.83. The van der Waals surface area contributed by atoms with E-state index in [0.717, 1.165) is 12.1 Å². The van der Waals surface area contributed by atoms with Gasteiger partial charge in [-0.1, -0.05) is 0 Å². The third-order valence-electron chi connectivity index (χ3n) is 1.98. The minimum absolute atomic E-state index is 0.0580. The fourth-order valence-electron chi connectivity index (χ4n) is 1.22. The first-order chi connectivity index (χ1) is 7.81. The van der Waals surface area contributed by atoms with Gasteiger partial charge in [0.1, 0.15) is 0 Å². The quantitative estimate of drug-likeness (QED) is 0.495. The molecular weight excluding hydrogens is 270 g/mol. The van der Waals surface area contributed by atoms with Crippen LogP contribution in [-0.4, -0.2) is 13.3 Å². The fraction of sp³-hybridized carbons (Fsp3) is 0.125. The van der Waals surface area contributed by atoms with Crippen molar-refractivity contribution in [1.82, 2.24) is 0 Å². The predicted molar refractivity (Wildman–Crippen MR) is 58.7 cm³/mol. The SMILES string of the molecule is N#Cc1cc(S(=O)(=O)Cl)c([N+](=O)[O-])cc1CN. The van der Waals surface area contributed by atoms with Crippen LogP contribution in [-0.2, 0) is 15.6 Å². The fourth-order valence-corrected chi connectivity index (χ4v) is 2.24. The third-order valence-corrected chi connectivity index (χ3v) is 3.34. The van der Waals surface area contributed by atoms with Crippen LogP contribution >= 0.6 is 10.7 Å². The zero-order valence-electron chi connectivity index (χ0n) is 8.25. The van der Waals surface area contributed by atoms with Crippen LogP contribution in [0, 0.1) is 21.4 Å². The van der Waals surface area contributed by atoms with Crippen molar-refractivity contribution in [2.24, 2.45) is 5.73 Å². The summed E-state index contributed by atoms with van der Waals surface area (Å²) in [6.45, 7) is -0.119. The van der Waals surface area contributed by atoms with Crippen molar-refractivity contribution in [1.29, 1.82) is 5.26 Å². The number of benzene rings is 1. The Morgan fingerprint density at radius 1 is 1.53 bits per heavy atom. The molecule has 17 heavy (non-hydrogen) atoms. The molecule has 0 aliphatic heterocycles. The zero-order chi connectivity index (χ0) is 13.2. The van der Waals surface area contributed by atoms with E-state index < -0.39 is 24.6 Å². The van der Waals surface area contributed by atoms with Crippen LogP contribution in [0.5, 0.6) is 0 Å². The predicted octanol–water partition coefficient (Wildman–Crippen LogP) is 0.853. The first-order valence-corrected chi connectivity index (χ1v) is 6.48. The van der Waals surface area contributed by atoms with Crippen molar-refractivity contribution < 1.29 is 13.3 Å². The van der Waals surface area contributed by atoms with E-state index in [1.165, 1.54) is 0 Å². The van der Waals surface area contributed by atoms with Gasteiger partial charge in [0.25, 0.3) is 14.7 Å². The van der Waals surface area contributed by atoms with Crippen LogP contribution in [0.1, 0.15) is 11.1 Å². The summed E-state index contributed by atoms with van der Waals surface area (Å²) in [6, 6.07) is 3.49. The van der Waals surface area contributed by atoms with Crippen LogP contribution in [0.3, 0.4) is 0 Å². The standard InChI is InChI=1S/C8H6ClN3O4S/c9-17(15,16)8-2-6(4-11)5(3-10)1-7(8)12(13)14/h1-2H,3,10H2.